The maximum atomic E-state index is 12.7. The topological polar surface area (TPSA) is 74.6 Å². The molecule has 1 aromatic heterocycles. The second-order valence-electron chi connectivity index (χ2n) is 7.61. The van der Waals surface area contributed by atoms with Crippen LogP contribution in [0.2, 0.25) is 0 Å². The Kier molecular flexibility index (Phi) is 5.83. The van der Waals surface area contributed by atoms with E-state index in [0.29, 0.717) is 5.75 Å². The fraction of sp³-hybridized carbons (Fsp3) is 0.200. The molecular weight excluding hydrogens is 438 g/mol. The molecule has 3 aromatic carbocycles. The van der Waals surface area contributed by atoms with Gasteiger partial charge in [0.15, 0.2) is 16.7 Å². The summed E-state index contributed by atoms with van der Waals surface area (Å²) in [6.45, 7) is 2.18. The van der Waals surface area contributed by atoms with E-state index < -0.39 is 0 Å². The molecule has 1 aliphatic rings. The first-order valence-electron chi connectivity index (χ1n) is 10.6. The number of nitrogens with zero attached hydrogens (tertiary/aromatic N) is 2. The van der Waals surface area contributed by atoms with Gasteiger partial charge in [0.2, 0.25) is 12.7 Å². The van der Waals surface area contributed by atoms with Crippen LogP contribution in [-0.4, -0.2) is 35.1 Å². The number of thioether (sulfide) groups is 1. The van der Waals surface area contributed by atoms with Crippen molar-refractivity contribution < 1.29 is 19.0 Å². The van der Waals surface area contributed by atoms with Crippen LogP contribution in [0.5, 0.6) is 17.2 Å². The van der Waals surface area contributed by atoms with Gasteiger partial charge >= 0.3 is 0 Å². The molecule has 8 heteroatoms. The zero-order valence-corrected chi connectivity index (χ0v) is 19.1. The Morgan fingerprint density at radius 3 is 2.73 bits per heavy atom. The van der Waals surface area contributed by atoms with Crippen LogP contribution in [0.25, 0.3) is 16.7 Å². The molecule has 5 rings (SSSR count). The first-order chi connectivity index (χ1) is 16.1. The lowest BCUT2D eigenvalue weighted by Crippen LogP contribution is -2.28. The standard InChI is InChI=1S/C25H23N3O4S/c1-16(17-7-12-22-23(13-17)32-15-31-22)26-24(29)14-33-25-27-20-5-3-4-6-21(20)28(25)18-8-10-19(30-2)11-9-18/h3-13,16H,14-15H2,1-2H3,(H,26,29). The SMILES string of the molecule is COc1ccc(-n2c(SCC(=O)NC(C)c3ccc4c(c3)OCO4)nc3ccccc32)cc1. The van der Waals surface area contributed by atoms with Gasteiger partial charge in [-0.15, -0.1) is 0 Å². The Labute approximate surface area is 195 Å². The summed E-state index contributed by atoms with van der Waals surface area (Å²) in [7, 11) is 1.64. The maximum absolute atomic E-state index is 12.7. The highest BCUT2D eigenvalue weighted by Gasteiger charge is 2.18. The molecule has 0 spiro atoms. The Morgan fingerprint density at radius 2 is 1.91 bits per heavy atom. The van der Waals surface area contributed by atoms with Crippen LogP contribution in [0, 0.1) is 0 Å². The summed E-state index contributed by atoms with van der Waals surface area (Å²) in [5.41, 5.74) is 3.79. The minimum absolute atomic E-state index is 0.0708. The average Bonchev–Trinajstić information content (AvgIpc) is 3.46. The number of fused-ring (bicyclic) bond motifs is 2. The zero-order chi connectivity index (χ0) is 22.8. The lowest BCUT2D eigenvalue weighted by molar-refractivity contribution is -0.119. The number of imidazole rings is 1. The van der Waals surface area contributed by atoms with Crippen LogP contribution in [-0.2, 0) is 4.79 Å². The first kappa shape index (κ1) is 21.2. The lowest BCUT2D eigenvalue weighted by Gasteiger charge is -2.15. The van der Waals surface area contributed by atoms with Crippen molar-refractivity contribution in [3.63, 3.8) is 0 Å². The molecule has 2 heterocycles. The predicted molar refractivity (Wildman–Crippen MR) is 127 cm³/mol. The zero-order valence-electron chi connectivity index (χ0n) is 18.3. The van der Waals surface area contributed by atoms with Crippen molar-refractivity contribution in [2.24, 2.45) is 0 Å². The summed E-state index contributed by atoms with van der Waals surface area (Å²) in [5, 5.41) is 3.81. The second kappa shape index (κ2) is 9.07. The molecule has 0 fully saturated rings. The number of benzene rings is 3. The van der Waals surface area contributed by atoms with E-state index in [1.807, 2.05) is 73.7 Å². The lowest BCUT2D eigenvalue weighted by atomic mass is 10.1. The van der Waals surface area contributed by atoms with Crippen LogP contribution in [0.4, 0.5) is 0 Å². The van der Waals surface area contributed by atoms with Crippen molar-refractivity contribution in [1.82, 2.24) is 14.9 Å². The third-order valence-electron chi connectivity index (χ3n) is 5.47. The number of carbonyl (C=O) groups excluding carboxylic acids is 1. The van der Waals surface area contributed by atoms with Crippen LogP contribution < -0.4 is 19.5 Å². The van der Waals surface area contributed by atoms with Crippen LogP contribution in [0.1, 0.15) is 18.5 Å². The van der Waals surface area contributed by atoms with Crippen molar-refractivity contribution in [2.45, 2.75) is 18.1 Å². The van der Waals surface area contributed by atoms with E-state index >= 15 is 0 Å². The maximum Gasteiger partial charge on any atom is 0.231 e. The average molecular weight is 462 g/mol. The number of hydrogen-bond acceptors (Lipinski definition) is 6. The highest BCUT2D eigenvalue weighted by molar-refractivity contribution is 7.99. The van der Waals surface area contributed by atoms with E-state index in [4.69, 9.17) is 19.2 Å². The van der Waals surface area contributed by atoms with Gasteiger partial charge in [-0.1, -0.05) is 30.0 Å². The number of hydrogen-bond donors (Lipinski definition) is 1. The molecule has 1 atom stereocenters. The largest absolute Gasteiger partial charge is 0.497 e. The van der Waals surface area contributed by atoms with Crippen molar-refractivity contribution >= 4 is 28.7 Å². The third kappa shape index (κ3) is 4.34. The van der Waals surface area contributed by atoms with Crippen molar-refractivity contribution in [2.75, 3.05) is 19.7 Å². The quantitative estimate of drug-likeness (QED) is 0.401. The number of carbonyl (C=O) groups is 1. The molecule has 1 aliphatic heterocycles. The van der Waals surface area contributed by atoms with Crippen molar-refractivity contribution in [3.8, 4) is 22.9 Å². The number of para-hydroxylation sites is 2. The molecule has 4 aromatic rings. The number of aromatic nitrogens is 2. The molecule has 0 saturated carbocycles. The molecule has 7 nitrogen and oxygen atoms in total. The molecule has 1 amide bonds. The van der Waals surface area contributed by atoms with Gasteiger partial charge in [-0.2, -0.15) is 0 Å². The summed E-state index contributed by atoms with van der Waals surface area (Å²) >= 11 is 1.41. The summed E-state index contributed by atoms with van der Waals surface area (Å²) < 4.78 is 18.1. The van der Waals surface area contributed by atoms with Crippen LogP contribution >= 0.6 is 11.8 Å². The summed E-state index contributed by atoms with van der Waals surface area (Å²) in [6, 6.07) is 21.3. The van der Waals surface area contributed by atoms with Gasteiger partial charge < -0.3 is 19.5 Å². The number of rotatable bonds is 7. The molecular formula is C25H23N3O4S. The third-order valence-corrected chi connectivity index (χ3v) is 6.41. The van der Waals surface area contributed by atoms with Crippen molar-refractivity contribution in [1.29, 1.82) is 0 Å². The summed E-state index contributed by atoms with van der Waals surface area (Å²) in [4.78, 5) is 17.5. The van der Waals surface area contributed by atoms with Gasteiger partial charge in [0, 0.05) is 5.69 Å². The molecule has 33 heavy (non-hydrogen) atoms. The fourth-order valence-corrected chi connectivity index (χ4v) is 4.60. The Morgan fingerprint density at radius 1 is 1.12 bits per heavy atom. The normalized spacial score (nSPS) is 13.2. The van der Waals surface area contributed by atoms with E-state index in [1.165, 1.54) is 11.8 Å². The summed E-state index contributed by atoms with van der Waals surface area (Å²) in [5.74, 6) is 2.39. The number of nitrogens with one attached hydrogen (secondary N) is 1. The molecule has 0 radical (unpaired) electrons. The molecule has 0 bridgehead atoms. The Hall–Kier alpha value is -3.65. The van der Waals surface area contributed by atoms with E-state index in [9.17, 15) is 4.79 Å². The predicted octanol–water partition coefficient (Wildman–Crippen LogP) is 4.73. The van der Waals surface area contributed by atoms with Crippen molar-refractivity contribution in [3.05, 3.63) is 72.3 Å². The number of amides is 1. The number of methoxy groups -OCH3 is 1. The number of ether oxygens (including phenoxy) is 3. The van der Waals surface area contributed by atoms with Crippen LogP contribution in [0.3, 0.4) is 0 Å². The minimum atomic E-state index is -0.159. The van der Waals surface area contributed by atoms with E-state index in [-0.39, 0.29) is 24.5 Å². The fourth-order valence-electron chi connectivity index (χ4n) is 3.76. The monoisotopic (exact) mass is 461 g/mol. The molecule has 1 unspecified atom stereocenters. The van der Waals surface area contributed by atoms with E-state index in [1.54, 1.807) is 7.11 Å². The molecule has 0 aliphatic carbocycles. The van der Waals surface area contributed by atoms with Gasteiger partial charge in [-0.3, -0.25) is 9.36 Å². The van der Waals surface area contributed by atoms with Gasteiger partial charge in [-0.05, 0) is 61.0 Å². The van der Waals surface area contributed by atoms with Gasteiger partial charge in [0.25, 0.3) is 0 Å². The molecule has 168 valence electrons. The van der Waals surface area contributed by atoms with E-state index in [0.717, 1.165) is 38.9 Å². The minimum Gasteiger partial charge on any atom is -0.497 e. The highest BCUT2D eigenvalue weighted by Crippen LogP contribution is 2.34. The first-order valence-corrected chi connectivity index (χ1v) is 11.5. The summed E-state index contributed by atoms with van der Waals surface area (Å²) in [6.07, 6.45) is 0. The highest BCUT2D eigenvalue weighted by atomic mass is 32.2. The Balaban J connectivity index is 1.32. The van der Waals surface area contributed by atoms with Gasteiger partial charge in [0.1, 0.15) is 5.75 Å². The van der Waals surface area contributed by atoms with Gasteiger partial charge in [-0.25, -0.2) is 4.98 Å². The Bertz CT molecular complexity index is 1300. The molecule has 1 N–H and O–H groups in total. The second-order valence-corrected chi connectivity index (χ2v) is 8.55. The smallest absolute Gasteiger partial charge is 0.231 e. The van der Waals surface area contributed by atoms with Crippen LogP contribution in [0.15, 0.2) is 71.9 Å². The van der Waals surface area contributed by atoms with E-state index in [2.05, 4.69) is 9.88 Å². The van der Waals surface area contributed by atoms with Gasteiger partial charge in [0.05, 0.1) is 29.9 Å². The molecule has 0 saturated heterocycles.